The van der Waals surface area contributed by atoms with Crippen LogP contribution >= 0.6 is 0 Å². The number of carbonyl (C=O) groups is 1. The Morgan fingerprint density at radius 2 is 1.81 bits per heavy atom. The van der Waals surface area contributed by atoms with E-state index in [1.54, 1.807) is 16.8 Å². The standard InChI is InChI=1S/C25H24N4O3/c1-32-25(31)18-10-7-11-19(16-18)29-22(30)14-13-20(26-29)23-21-12-5-6-15-28(21)27-24(23)17-8-3-2-4-9-17/h2-6,8-9,12-15,18-19H,7,10-11,16H2,1H3/t18-,19-/m1/s1. The Bertz CT molecular complexity index is 1330. The highest BCUT2D eigenvalue weighted by Crippen LogP contribution is 2.35. The van der Waals surface area contributed by atoms with Gasteiger partial charge in [-0.05, 0) is 37.5 Å². The summed E-state index contributed by atoms with van der Waals surface area (Å²) >= 11 is 0. The van der Waals surface area contributed by atoms with Gasteiger partial charge in [0.1, 0.15) is 5.69 Å². The fourth-order valence-corrected chi connectivity index (χ4v) is 4.64. The number of nitrogens with zero attached hydrogens (tertiary/aromatic N) is 4. The molecule has 1 aliphatic rings. The Morgan fingerprint density at radius 3 is 2.62 bits per heavy atom. The SMILES string of the molecule is COC(=O)[C@@H]1CCC[C@@H](n2nc(-c3c(-c4ccccc4)nn4ccccc34)ccc2=O)C1. The summed E-state index contributed by atoms with van der Waals surface area (Å²) in [4.78, 5) is 24.9. The first kappa shape index (κ1) is 20.2. The number of fused-ring (bicyclic) bond motifs is 1. The van der Waals surface area contributed by atoms with Gasteiger partial charge in [-0.1, -0.05) is 42.8 Å². The van der Waals surface area contributed by atoms with Gasteiger partial charge in [0.15, 0.2) is 0 Å². The molecule has 32 heavy (non-hydrogen) atoms. The quantitative estimate of drug-likeness (QED) is 0.457. The van der Waals surface area contributed by atoms with Crippen LogP contribution in [0.15, 0.2) is 71.7 Å². The average Bonchev–Trinajstić information content (AvgIpc) is 3.24. The first-order valence-electron chi connectivity index (χ1n) is 10.9. The van der Waals surface area contributed by atoms with E-state index in [-0.39, 0.29) is 23.5 Å². The van der Waals surface area contributed by atoms with Crippen molar-refractivity contribution in [3.8, 4) is 22.5 Å². The van der Waals surface area contributed by atoms with Crippen molar-refractivity contribution >= 4 is 11.5 Å². The summed E-state index contributed by atoms with van der Waals surface area (Å²) < 4.78 is 8.33. The fraction of sp³-hybridized carbons (Fsp3) is 0.280. The summed E-state index contributed by atoms with van der Waals surface area (Å²) in [6.07, 6.45) is 4.91. The Morgan fingerprint density at radius 1 is 1.00 bits per heavy atom. The summed E-state index contributed by atoms with van der Waals surface area (Å²) in [6, 6.07) is 19.0. The zero-order chi connectivity index (χ0) is 22.1. The lowest BCUT2D eigenvalue weighted by molar-refractivity contribution is -0.147. The van der Waals surface area contributed by atoms with Gasteiger partial charge >= 0.3 is 5.97 Å². The van der Waals surface area contributed by atoms with E-state index in [9.17, 15) is 9.59 Å². The van der Waals surface area contributed by atoms with Crippen molar-refractivity contribution in [3.63, 3.8) is 0 Å². The molecule has 1 aliphatic carbocycles. The highest BCUT2D eigenvalue weighted by Gasteiger charge is 2.30. The second kappa shape index (κ2) is 8.42. The molecule has 0 N–H and O–H groups in total. The Labute approximate surface area is 185 Å². The van der Waals surface area contributed by atoms with E-state index in [4.69, 9.17) is 14.9 Å². The van der Waals surface area contributed by atoms with Crippen LogP contribution in [0, 0.1) is 5.92 Å². The Hall–Kier alpha value is -3.74. The Kier molecular flexibility index (Phi) is 5.31. The number of hydrogen-bond acceptors (Lipinski definition) is 5. The molecule has 0 bridgehead atoms. The first-order chi connectivity index (χ1) is 15.7. The number of benzene rings is 1. The molecule has 0 radical (unpaired) electrons. The molecule has 0 saturated heterocycles. The molecule has 0 unspecified atom stereocenters. The monoisotopic (exact) mass is 428 g/mol. The molecule has 1 fully saturated rings. The van der Waals surface area contributed by atoms with Crippen molar-refractivity contribution in [2.75, 3.05) is 7.11 Å². The van der Waals surface area contributed by atoms with Gasteiger partial charge in [-0.15, -0.1) is 0 Å². The lowest BCUT2D eigenvalue weighted by Crippen LogP contribution is -2.32. The smallest absolute Gasteiger partial charge is 0.308 e. The van der Waals surface area contributed by atoms with E-state index >= 15 is 0 Å². The van der Waals surface area contributed by atoms with Crippen LogP contribution in [-0.4, -0.2) is 32.5 Å². The summed E-state index contributed by atoms with van der Waals surface area (Å²) in [6.45, 7) is 0. The number of methoxy groups -OCH3 is 1. The number of pyridine rings is 1. The maximum atomic E-state index is 12.8. The number of aromatic nitrogens is 4. The minimum absolute atomic E-state index is 0.137. The highest BCUT2D eigenvalue weighted by molar-refractivity contribution is 5.90. The molecule has 3 heterocycles. The van der Waals surface area contributed by atoms with Gasteiger partial charge < -0.3 is 4.74 Å². The highest BCUT2D eigenvalue weighted by atomic mass is 16.5. The zero-order valence-electron chi connectivity index (χ0n) is 17.8. The predicted molar refractivity (Wildman–Crippen MR) is 121 cm³/mol. The summed E-state index contributed by atoms with van der Waals surface area (Å²) in [5.41, 5.74) is 4.11. The maximum absolute atomic E-state index is 12.8. The lowest BCUT2D eigenvalue weighted by atomic mass is 9.86. The molecule has 1 saturated carbocycles. The zero-order valence-corrected chi connectivity index (χ0v) is 17.8. The van der Waals surface area contributed by atoms with Crippen LogP contribution in [0.25, 0.3) is 28.0 Å². The van der Waals surface area contributed by atoms with E-state index < -0.39 is 0 Å². The normalized spacial score (nSPS) is 18.5. The van der Waals surface area contributed by atoms with E-state index in [0.717, 1.165) is 41.6 Å². The van der Waals surface area contributed by atoms with Crippen LogP contribution in [0.2, 0.25) is 0 Å². The molecular weight excluding hydrogens is 404 g/mol. The average molecular weight is 428 g/mol. The van der Waals surface area contributed by atoms with Gasteiger partial charge in [-0.25, -0.2) is 9.20 Å². The minimum atomic E-state index is -0.215. The van der Waals surface area contributed by atoms with Crippen molar-refractivity contribution < 1.29 is 9.53 Å². The third-order valence-electron chi connectivity index (χ3n) is 6.20. The molecule has 0 amide bonds. The molecule has 5 rings (SSSR count). The predicted octanol–water partition coefficient (Wildman–Crippen LogP) is 4.13. The van der Waals surface area contributed by atoms with Crippen LogP contribution in [0.1, 0.15) is 31.7 Å². The number of carbonyl (C=O) groups excluding carboxylic acids is 1. The van der Waals surface area contributed by atoms with E-state index in [0.29, 0.717) is 12.1 Å². The number of rotatable bonds is 4. The number of esters is 1. The number of ether oxygens (including phenoxy) is 1. The fourth-order valence-electron chi connectivity index (χ4n) is 4.64. The van der Waals surface area contributed by atoms with Crippen LogP contribution in [0.3, 0.4) is 0 Å². The van der Waals surface area contributed by atoms with E-state index in [1.165, 1.54) is 7.11 Å². The van der Waals surface area contributed by atoms with Crippen molar-refractivity contribution in [1.82, 2.24) is 19.4 Å². The minimum Gasteiger partial charge on any atom is -0.469 e. The van der Waals surface area contributed by atoms with Gasteiger partial charge in [0.25, 0.3) is 5.56 Å². The Balaban J connectivity index is 1.63. The molecule has 4 aromatic rings. The molecular formula is C25H24N4O3. The first-order valence-corrected chi connectivity index (χ1v) is 10.9. The molecule has 7 nitrogen and oxygen atoms in total. The molecule has 0 spiro atoms. The third-order valence-corrected chi connectivity index (χ3v) is 6.20. The van der Waals surface area contributed by atoms with Gasteiger partial charge in [-0.3, -0.25) is 9.59 Å². The second-order valence-electron chi connectivity index (χ2n) is 8.16. The van der Waals surface area contributed by atoms with Crippen LogP contribution in [0.5, 0.6) is 0 Å². The van der Waals surface area contributed by atoms with Crippen molar-refractivity contribution in [2.45, 2.75) is 31.7 Å². The van der Waals surface area contributed by atoms with Crippen LogP contribution in [-0.2, 0) is 9.53 Å². The molecule has 2 atom stereocenters. The third kappa shape index (κ3) is 3.60. The van der Waals surface area contributed by atoms with Gasteiger partial charge in [0.2, 0.25) is 0 Å². The van der Waals surface area contributed by atoms with Gasteiger partial charge in [0, 0.05) is 17.8 Å². The van der Waals surface area contributed by atoms with E-state index in [2.05, 4.69) is 0 Å². The number of hydrogen-bond donors (Lipinski definition) is 0. The molecule has 162 valence electrons. The van der Waals surface area contributed by atoms with Gasteiger partial charge in [-0.2, -0.15) is 10.2 Å². The van der Waals surface area contributed by atoms with E-state index in [1.807, 2.05) is 59.2 Å². The van der Waals surface area contributed by atoms with Crippen molar-refractivity contribution in [1.29, 1.82) is 0 Å². The van der Waals surface area contributed by atoms with Crippen LogP contribution in [0.4, 0.5) is 0 Å². The topological polar surface area (TPSA) is 78.5 Å². The summed E-state index contributed by atoms with van der Waals surface area (Å²) in [7, 11) is 1.41. The lowest BCUT2D eigenvalue weighted by Gasteiger charge is -2.28. The molecule has 7 heteroatoms. The maximum Gasteiger partial charge on any atom is 0.308 e. The second-order valence-corrected chi connectivity index (χ2v) is 8.16. The molecule has 0 aliphatic heterocycles. The van der Waals surface area contributed by atoms with Crippen molar-refractivity contribution in [2.24, 2.45) is 5.92 Å². The molecule has 3 aromatic heterocycles. The van der Waals surface area contributed by atoms with Crippen molar-refractivity contribution in [3.05, 3.63) is 77.2 Å². The van der Waals surface area contributed by atoms with Crippen LogP contribution < -0.4 is 5.56 Å². The van der Waals surface area contributed by atoms with Gasteiger partial charge in [0.05, 0.1) is 35.8 Å². The molecule has 1 aromatic carbocycles. The summed E-state index contributed by atoms with van der Waals surface area (Å²) in [5, 5.41) is 9.59. The summed E-state index contributed by atoms with van der Waals surface area (Å²) in [5.74, 6) is -0.416. The largest absolute Gasteiger partial charge is 0.469 e.